The van der Waals surface area contributed by atoms with Crippen LogP contribution in [0.4, 0.5) is 0 Å². The lowest BCUT2D eigenvalue weighted by molar-refractivity contribution is 0.0736. The number of esters is 1. The average molecular weight is 290 g/mol. The van der Waals surface area contributed by atoms with Crippen LogP contribution < -0.4 is 4.74 Å². The molecule has 22 heavy (non-hydrogen) atoms. The predicted octanol–water partition coefficient (Wildman–Crippen LogP) is 4.18. The van der Waals surface area contributed by atoms with E-state index >= 15 is 0 Å². The summed E-state index contributed by atoms with van der Waals surface area (Å²) in [7, 11) is 0. The quantitative estimate of drug-likeness (QED) is 0.413. The van der Waals surface area contributed by atoms with Crippen molar-refractivity contribution in [1.29, 1.82) is 0 Å². The van der Waals surface area contributed by atoms with Crippen LogP contribution in [0.25, 0.3) is 10.8 Å². The highest BCUT2D eigenvalue weighted by Crippen LogP contribution is 2.29. The zero-order valence-corrected chi connectivity index (χ0v) is 12.1. The van der Waals surface area contributed by atoms with Crippen molar-refractivity contribution < 1.29 is 14.3 Å². The molecule has 0 aliphatic rings. The number of aryl methyl sites for hydroxylation is 1. The maximum atomic E-state index is 12.3. The number of fused-ring (bicyclic) bond motifs is 1. The van der Waals surface area contributed by atoms with Gasteiger partial charge in [0, 0.05) is 5.39 Å². The zero-order chi connectivity index (χ0) is 15.5. The molecule has 0 saturated heterocycles. The largest absolute Gasteiger partial charge is 0.421 e. The summed E-state index contributed by atoms with van der Waals surface area (Å²) in [6, 6.07) is 18.2. The van der Waals surface area contributed by atoms with Gasteiger partial charge in [0.05, 0.1) is 11.1 Å². The Morgan fingerprint density at radius 2 is 1.82 bits per heavy atom. The summed E-state index contributed by atoms with van der Waals surface area (Å²) in [5.41, 5.74) is 1.80. The van der Waals surface area contributed by atoms with Crippen LogP contribution in [-0.2, 0) is 0 Å². The molecule has 0 aliphatic heterocycles. The summed E-state index contributed by atoms with van der Waals surface area (Å²) in [6.45, 7) is 1.91. The minimum absolute atomic E-state index is 0.305. The van der Waals surface area contributed by atoms with Crippen molar-refractivity contribution in [2.45, 2.75) is 6.92 Å². The number of carbonyl (C=O) groups is 2. The number of hydrogen-bond acceptors (Lipinski definition) is 3. The van der Waals surface area contributed by atoms with E-state index in [2.05, 4.69) is 0 Å². The number of carbonyl (C=O) groups excluding carboxylic acids is 2. The standard InChI is InChI=1S/C19H14O3/c1-13-5-4-7-15(11-13)19(21)22-18-16(12-20)10-9-14-6-2-3-8-17(14)18/h2-12H,1H3. The molecule has 0 fully saturated rings. The maximum absolute atomic E-state index is 12.3. The van der Waals surface area contributed by atoms with E-state index in [9.17, 15) is 9.59 Å². The Balaban J connectivity index is 2.06. The fourth-order valence-corrected chi connectivity index (χ4v) is 2.39. The summed E-state index contributed by atoms with van der Waals surface area (Å²) in [6.07, 6.45) is 0.700. The van der Waals surface area contributed by atoms with E-state index in [1.807, 2.05) is 43.3 Å². The molecule has 0 spiro atoms. The fraction of sp³-hybridized carbons (Fsp3) is 0.0526. The first-order valence-electron chi connectivity index (χ1n) is 6.95. The van der Waals surface area contributed by atoms with Gasteiger partial charge in [0.25, 0.3) is 0 Å². The second-order valence-corrected chi connectivity index (χ2v) is 5.08. The highest BCUT2D eigenvalue weighted by molar-refractivity contribution is 6.00. The topological polar surface area (TPSA) is 43.4 Å². The minimum atomic E-state index is -0.469. The van der Waals surface area contributed by atoms with Gasteiger partial charge >= 0.3 is 5.97 Å². The third-order valence-corrected chi connectivity index (χ3v) is 3.49. The van der Waals surface area contributed by atoms with E-state index in [1.54, 1.807) is 24.3 Å². The summed E-state index contributed by atoms with van der Waals surface area (Å²) in [4.78, 5) is 23.6. The number of benzene rings is 3. The van der Waals surface area contributed by atoms with Gasteiger partial charge in [-0.05, 0) is 30.5 Å². The third kappa shape index (κ3) is 2.61. The Labute approximate surface area is 128 Å². The van der Waals surface area contributed by atoms with Crippen LogP contribution in [0.3, 0.4) is 0 Å². The van der Waals surface area contributed by atoms with Gasteiger partial charge in [-0.3, -0.25) is 4.79 Å². The number of aldehydes is 1. The van der Waals surface area contributed by atoms with Gasteiger partial charge in [-0.2, -0.15) is 0 Å². The number of hydrogen-bond donors (Lipinski definition) is 0. The first-order valence-corrected chi connectivity index (χ1v) is 6.95. The second kappa shape index (κ2) is 5.82. The number of ether oxygens (including phenoxy) is 1. The van der Waals surface area contributed by atoms with Crippen molar-refractivity contribution in [3.8, 4) is 5.75 Å². The van der Waals surface area contributed by atoms with Crippen LogP contribution in [-0.4, -0.2) is 12.3 Å². The van der Waals surface area contributed by atoms with E-state index in [4.69, 9.17) is 4.74 Å². The van der Waals surface area contributed by atoms with Crippen molar-refractivity contribution in [2.24, 2.45) is 0 Å². The van der Waals surface area contributed by atoms with Crippen LogP contribution in [0.15, 0.2) is 60.7 Å². The van der Waals surface area contributed by atoms with Gasteiger partial charge in [-0.15, -0.1) is 0 Å². The highest BCUT2D eigenvalue weighted by Gasteiger charge is 2.14. The molecule has 0 aromatic heterocycles. The van der Waals surface area contributed by atoms with E-state index in [-0.39, 0.29) is 0 Å². The summed E-state index contributed by atoms with van der Waals surface area (Å²) in [5.74, 6) is -0.164. The zero-order valence-electron chi connectivity index (χ0n) is 12.1. The van der Waals surface area contributed by atoms with E-state index < -0.39 is 5.97 Å². The van der Waals surface area contributed by atoms with Gasteiger partial charge in [0.1, 0.15) is 5.75 Å². The predicted molar refractivity (Wildman–Crippen MR) is 85.5 cm³/mol. The molecule has 0 saturated carbocycles. The van der Waals surface area contributed by atoms with E-state index in [0.717, 1.165) is 16.3 Å². The molecule has 0 aliphatic carbocycles. The Hall–Kier alpha value is -2.94. The minimum Gasteiger partial charge on any atom is -0.421 e. The average Bonchev–Trinajstić information content (AvgIpc) is 2.55. The molecule has 108 valence electrons. The molecule has 3 nitrogen and oxygen atoms in total. The normalized spacial score (nSPS) is 10.4. The monoisotopic (exact) mass is 290 g/mol. The van der Waals surface area contributed by atoms with Gasteiger partial charge in [0.15, 0.2) is 6.29 Å². The Morgan fingerprint density at radius 1 is 1.00 bits per heavy atom. The van der Waals surface area contributed by atoms with Crippen molar-refractivity contribution in [2.75, 3.05) is 0 Å². The van der Waals surface area contributed by atoms with Crippen LogP contribution >= 0.6 is 0 Å². The van der Waals surface area contributed by atoms with Crippen LogP contribution in [0.5, 0.6) is 5.75 Å². The molecule has 3 rings (SSSR count). The van der Waals surface area contributed by atoms with E-state index in [0.29, 0.717) is 23.2 Å². The maximum Gasteiger partial charge on any atom is 0.343 e. The Bertz CT molecular complexity index is 865. The molecule has 0 amide bonds. The van der Waals surface area contributed by atoms with E-state index in [1.165, 1.54) is 0 Å². The van der Waals surface area contributed by atoms with Gasteiger partial charge in [-0.1, -0.05) is 48.0 Å². The first kappa shape index (κ1) is 14.0. The summed E-state index contributed by atoms with van der Waals surface area (Å²) in [5, 5.41) is 1.66. The highest BCUT2D eigenvalue weighted by atomic mass is 16.5. The third-order valence-electron chi connectivity index (χ3n) is 3.49. The Morgan fingerprint density at radius 3 is 2.59 bits per heavy atom. The molecule has 0 heterocycles. The van der Waals surface area contributed by atoms with Crippen LogP contribution in [0, 0.1) is 6.92 Å². The van der Waals surface area contributed by atoms with Crippen LogP contribution in [0.2, 0.25) is 0 Å². The molecular formula is C19H14O3. The molecule has 0 radical (unpaired) electrons. The van der Waals surface area contributed by atoms with Gasteiger partial charge in [0.2, 0.25) is 0 Å². The SMILES string of the molecule is Cc1cccc(C(=O)Oc2c(C=O)ccc3ccccc23)c1. The first-order chi connectivity index (χ1) is 10.7. The summed E-state index contributed by atoms with van der Waals surface area (Å²) >= 11 is 0. The van der Waals surface area contributed by atoms with Crippen molar-refractivity contribution in [3.05, 3.63) is 77.4 Å². The molecule has 0 unspecified atom stereocenters. The molecule has 3 aromatic rings. The molecule has 0 N–H and O–H groups in total. The lowest BCUT2D eigenvalue weighted by atomic mass is 10.1. The smallest absolute Gasteiger partial charge is 0.343 e. The van der Waals surface area contributed by atoms with Crippen LogP contribution in [0.1, 0.15) is 26.3 Å². The summed E-state index contributed by atoms with van der Waals surface area (Å²) < 4.78 is 5.52. The van der Waals surface area contributed by atoms with Crippen molar-refractivity contribution in [3.63, 3.8) is 0 Å². The fourth-order valence-electron chi connectivity index (χ4n) is 2.39. The Kier molecular flexibility index (Phi) is 3.71. The van der Waals surface area contributed by atoms with Crippen molar-refractivity contribution >= 4 is 23.0 Å². The molecule has 0 bridgehead atoms. The van der Waals surface area contributed by atoms with Gasteiger partial charge in [-0.25, -0.2) is 4.79 Å². The molecule has 0 atom stereocenters. The molecular weight excluding hydrogens is 276 g/mol. The van der Waals surface area contributed by atoms with Crippen molar-refractivity contribution in [1.82, 2.24) is 0 Å². The second-order valence-electron chi connectivity index (χ2n) is 5.08. The molecule has 3 heteroatoms. The lowest BCUT2D eigenvalue weighted by Crippen LogP contribution is -2.10. The lowest BCUT2D eigenvalue weighted by Gasteiger charge is -2.10. The van der Waals surface area contributed by atoms with Gasteiger partial charge < -0.3 is 4.74 Å². The molecule has 3 aromatic carbocycles. The number of rotatable bonds is 3.